The molecule has 0 N–H and O–H groups in total. The number of fused-ring (bicyclic) bond motifs is 2. The highest BCUT2D eigenvalue weighted by Gasteiger charge is 2.67. The highest BCUT2D eigenvalue weighted by molar-refractivity contribution is 6.10. The van der Waals surface area contributed by atoms with Crippen molar-refractivity contribution in [2.24, 2.45) is 22.7 Å². The number of rotatable bonds is 3. The molecular weight excluding hydrogens is 200 g/mol. The zero-order chi connectivity index (χ0) is 12.1. The zero-order valence-corrected chi connectivity index (χ0v) is 10.8. The van der Waals surface area contributed by atoms with Crippen LogP contribution in [0.5, 0.6) is 0 Å². The molecule has 0 aromatic rings. The van der Waals surface area contributed by atoms with Gasteiger partial charge in [0.2, 0.25) is 0 Å². The Bertz CT molecular complexity index is 341. The van der Waals surface area contributed by atoms with Gasteiger partial charge in [-0.25, -0.2) is 0 Å². The Hall–Kier alpha value is -0.660. The fourth-order valence-electron chi connectivity index (χ4n) is 3.88. The van der Waals surface area contributed by atoms with Crippen molar-refractivity contribution >= 4 is 11.6 Å². The highest BCUT2D eigenvalue weighted by atomic mass is 16.2. The lowest BCUT2D eigenvalue weighted by Crippen LogP contribution is -2.43. The normalized spacial score (nSPS) is 36.1. The molecule has 2 rings (SSSR count). The van der Waals surface area contributed by atoms with Crippen molar-refractivity contribution in [3.05, 3.63) is 0 Å². The predicted molar refractivity (Wildman–Crippen MR) is 63.0 cm³/mol. The number of carbonyl (C=O) groups is 2. The Balaban J connectivity index is 2.35. The monoisotopic (exact) mass is 222 g/mol. The van der Waals surface area contributed by atoms with Gasteiger partial charge in [0.1, 0.15) is 11.6 Å². The average molecular weight is 222 g/mol. The SMILES string of the molecule is CC(C)CC(=O)C12CCC(CC1=O)C2(C)C. The third kappa shape index (κ3) is 1.25. The third-order valence-corrected chi connectivity index (χ3v) is 4.97. The van der Waals surface area contributed by atoms with Crippen LogP contribution in [-0.4, -0.2) is 11.6 Å². The van der Waals surface area contributed by atoms with Crippen molar-refractivity contribution in [1.82, 2.24) is 0 Å². The highest BCUT2D eigenvalue weighted by Crippen LogP contribution is 2.64. The number of ketones is 2. The summed E-state index contributed by atoms with van der Waals surface area (Å²) >= 11 is 0. The van der Waals surface area contributed by atoms with Gasteiger partial charge in [-0.15, -0.1) is 0 Å². The van der Waals surface area contributed by atoms with Crippen LogP contribution in [0.15, 0.2) is 0 Å². The zero-order valence-electron chi connectivity index (χ0n) is 10.8. The summed E-state index contributed by atoms with van der Waals surface area (Å²) in [5, 5.41) is 0. The van der Waals surface area contributed by atoms with Crippen LogP contribution in [0.25, 0.3) is 0 Å². The van der Waals surface area contributed by atoms with Crippen molar-refractivity contribution in [2.45, 2.75) is 53.4 Å². The molecule has 2 bridgehead atoms. The molecule has 16 heavy (non-hydrogen) atoms. The molecule has 90 valence electrons. The molecule has 2 fully saturated rings. The molecule has 2 aliphatic rings. The third-order valence-electron chi connectivity index (χ3n) is 4.97. The first-order chi connectivity index (χ1) is 7.32. The lowest BCUT2D eigenvalue weighted by molar-refractivity contribution is -0.143. The van der Waals surface area contributed by atoms with Crippen LogP contribution in [0.1, 0.15) is 53.4 Å². The minimum absolute atomic E-state index is 0.101. The lowest BCUT2D eigenvalue weighted by atomic mass is 9.65. The van der Waals surface area contributed by atoms with Crippen molar-refractivity contribution < 1.29 is 9.59 Å². The fourth-order valence-corrected chi connectivity index (χ4v) is 3.88. The van der Waals surface area contributed by atoms with Crippen LogP contribution in [0.4, 0.5) is 0 Å². The summed E-state index contributed by atoms with van der Waals surface area (Å²) in [6.45, 7) is 8.34. The molecular formula is C14H22O2. The van der Waals surface area contributed by atoms with Crippen LogP contribution >= 0.6 is 0 Å². The molecule has 0 saturated heterocycles. The molecule has 0 spiro atoms. The largest absolute Gasteiger partial charge is 0.299 e. The van der Waals surface area contributed by atoms with E-state index >= 15 is 0 Å². The van der Waals surface area contributed by atoms with Crippen molar-refractivity contribution in [3.8, 4) is 0 Å². The summed E-state index contributed by atoms with van der Waals surface area (Å²) in [5.74, 6) is 1.22. The summed E-state index contributed by atoms with van der Waals surface area (Å²) in [6.07, 6.45) is 3.05. The molecule has 0 aromatic carbocycles. The van der Waals surface area contributed by atoms with Crippen LogP contribution in [0.2, 0.25) is 0 Å². The molecule has 2 heteroatoms. The maximum atomic E-state index is 12.4. The molecule has 2 nitrogen and oxygen atoms in total. The molecule has 0 amide bonds. The number of Topliss-reactive ketones (excluding diaryl/α,β-unsaturated/α-hetero) is 2. The Morgan fingerprint density at radius 1 is 1.44 bits per heavy atom. The van der Waals surface area contributed by atoms with E-state index in [0.29, 0.717) is 24.7 Å². The Morgan fingerprint density at radius 2 is 2.06 bits per heavy atom. The second-order valence-electron chi connectivity index (χ2n) is 6.51. The van der Waals surface area contributed by atoms with Gasteiger partial charge in [-0.05, 0) is 30.1 Å². The van der Waals surface area contributed by atoms with Gasteiger partial charge in [0.25, 0.3) is 0 Å². The van der Waals surface area contributed by atoms with Crippen molar-refractivity contribution in [1.29, 1.82) is 0 Å². The first-order valence-corrected chi connectivity index (χ1v) is 6.39. The van der Waals surface area contributed by atoms with Crippen LogP contribution < -0.4 is 0 Å². The van der Waals surface area contributed by atoms with Crippen LogP contribution in [0.3, 0.4) is 0 Å². The van der Waals surface area contributed by atoms with E-state index in [1.165, 1.54) is 0 Å². The van der Waals surface area contributed by atoms with Crippen molar-refractivity contribution in [3.63, 3.8) is 0 Å². The van der Waals surface area contributed by atoms with Crippen molar-refractivity contribution in [2.75, 3.05) is 0 Å². The average Bonchev–Trinajstić information content (AvgIpc) is 2.49. The summed E-state index contributed by atoms with van der Waals surface area (Å²) < 4.78 is 0. The summed E-state index contributed by atoms with van der Waals surface area (Å²) in [5.41, 5.74) is -0.724. The van der Waals surface area contributed by atoms with E-state index < -0.39 is 5.41 Å². The number of carbonyl (C=O) groups excluding carboxylic acids is 2. The topological polar surface area (TPSA) is 34.1 Å². The minimum atomic E-state index is -0.623. The second kappa shape index (κ2) is 3.41. The maximum Gasteiger partial charge on any atom is 0.147 e. The Kier molecular flexibility index (Phi) is 2.52. The molecule has 2 saturated carbocycles. The summed E-state index contributed by atoms with van der Waals surface area (Å²) in [7, 11) is 0. The van der Waals surface area contributed by atoms with Gasteiger partial charge >= 0.3 is 0 Å². The molecule has 0 heterocycles. The second-order valence-corrected chi connectivity index (χ2v) is 6.51. The summed E-state index contributed by atoms with van der Waals surface area (Å²) in [4.78, 5) is 24.6. The van der Waals surface area contributed by atoms with Gasteiger partial charge in [0, 0.05) is 12.8 Å². The van der Waals surface area contributed by atoms with E-state index in [9.17, 15) is 9.59 Å². The summed E-state index contributed by atoms with van der Waals surface area (Å²) in [6, 6.07) is 0. The van der Waals surface area contributed by atoms with Gasteiger partial charge in [-0.2, -0.15) is 0 Å². The Morgan fingerprint density at radius 3 is 2.44 bits per heavy atom. The minimum Gasteiger partial charge on any atom is -0.299 e. The van der Waals surface area contributed by atoms with Gasteiger partial charge in [-0.1, -0.05) is 27.7 Å². The van der Waals surface area contributed by atoms with E-state index in [4.69, 9.17) is 0 Å². The molecule has 2 unspecified atom stereocenters. The first-order valence-electron chi connectivity index (χ1n) is 6.39. The standard InChI is InChI=1S/C14H22O2/c1-9(2)7-11(15)14-6-5-10(8-12(14)16)13(14,3)4/h9-10H,5-8H2,1-4H3. The molecule has 0 aromatic heterocycles. The van der Waals surface area contributed by atoms with E-state index in [1.54, 1.807) is 0 Å². The molecule has 2 aliphatic carbocycles. The maximum absolute atomic E-state index is 12.4. The smallest absolute Gasteiger partial charge is 0.147 e. The fraction of sp³-hybridized carbons (Fsp3) is 0.857. The number of hydrogen-bond donors (Lipinski definition) is 0. The van der Waals surface area contributed by atoms with Crippen LogP contribution in [0, 0.1) is 22.7 Å². The lowest BCUT2D eigenvalue weighted by Gasteiger charge is -2.35. The van der Waals surface area contributed by atoms with Gasteiger partial charge in [-0.3, -0.25) is 9.59 Å². The number of hydrogen-bond acceptors (Lipinski definition) is 2. The van der Waals surface area contributed by atoms with Gasteiger partial charge in [0.15, 0.2) is 0 Å². The van der Waals surface area contributed by atoms with Gasteiger partial charge in [0.05, 0.1) is 5.41 Å². The first kappa shape index (κ1) is 11.8. The van der Waals surface area contributed by atoms with E-state index in [2.05, 4.69) is 13.8 Å². The van der Waals surface area contributed by atoms with Crippen LogP contribution in [-0.2, 0) is 9.59 Å². The molecule has 0 radical (unpaired) electrons. The van der Waals surface area contributed by atoms with Gasteiger partial charge < -0.3 is 0 Å². The van der Waals surface area contributed by atoms with E-state index in [-0.39, 0.29) is 17.0 Å². The Labute approximate surface area is 97.8 Å². The van der Waals surface area contributed by atoms with E-state index in [1.807, 2.05) is 13.8 Å². The molecule has 2 atom stereocenters. The quantitative estimate of drug-likeness (QED) is 0.688. The predicted octanol–water partition coefficient (Wildman–Crippen LogP) is 3.00. The van der Waals surface area contributed by atoms with E-state index in [0.717, 1.165) is 12.8 Å². The molecule has 0 aliphatic heterocycles.